The van der Waals surface area contributed by atoms with Crippen molar-refractivity contribution < 1.29 is 4.79 Å². The number of nitrogens with one attached hydrogen (secondary N) is 2. The largest absolute Gasteiger partial charge is 0.356 e. The van der Waals surface area contributed by atoms with E-state index >= 15 is 0 Å². The van der Waals surface area contributed by atoms with Crippen molar-refractivity contribution >= 4 is 38.5 Å². The molecule has 2 aromatic heterocycles. The van der Waals surface area contributed by atoms with Crippen molar-refractivity contribution in [1.82, 2.24) is 20.3 Å². The second-order valence-corrected chi connectivity index (χ2v) is 7.34. The Kier molecular flexibility index (Phi) is 4.93. The van der Waals surface area contributed by atoms with E-state index in [-0.39, 0.29) is 5.91 Å². The Hall–Kier alpha value is -2.73. The van der Waals surface area contributed by atoms with Crippen LogP contribution >= 0.6 is 11.3 Å². The van der Waals surface area contributed by atoms with Gasteiger partial charge < -0.3 is 10.3 Å². The number of nitrogens with zero attached hydrogens (tertiary/aromatic N) is 2. The minimum absolute atomic E-state index is 0.0646. The molecule has 0 saturated carbocycles. The van der Waals surface area contributed by atoms with Crippen LogP contribution in [0.1, 0.15) is 23.7 Å². The van der Waals surface area contributed by atoms with Crippen LogP contribution in [0.4, 0.5) is 0 Å². The smallest absolute Gasteiger partial charge is 0.220 e. The number of thiazole rings is 1. The molecule has 2 aromatic carbocycles. The molecule has 6 heteroatoms. The second kappa shape index (κ2) is 7.66. The van der Waals surface area contributed by atoms with Crippen LogP contribution < -0.4 is 5.32 Å². The van der Waals surface area contributed by atoms with Crippen molar-refractivity contribution in [2.24, 2.45) is 0 Å². The lowest BCUT2D eigenvalue weighted by Crippen LogP contribution is -2.25. The highest BCUT2D eigenvalue weighted by Crippen LogP contribution is 2.22. The van der Waals surface area contributed by atoms with E-state index in [0.29, 0.717) is 19.4 Å². The molecule has 0 atom stereocenters. The van der Waals surface area contributed by atoms with Crippen LogP contribution in [0.15, 0.2) is 48.5 Å². The second-order valence-electron chi connectivity index (χ2n) is 6.23. The van der Waals surface area contributed by atoms with E-state index < -0.39 is 0 Å². The number of aryl methyl sites for hydroxylation is 2. The van der Waals surface area contributed by atoms with E-state index in [2.05, 4.69) is 26.3 Å². The quantitative estimate of drug-likeness (QED) is 0.489. The van der Waals surface area contributed by atoms with E-state index in [9.17, 15) is 4.79 Å². The van der Waals surface area contributed by atoms with Gasteiger partial charge in [0.05, 0.1) is 26.3 Å². The number of imidazole rings is 1. The first-order chi connectivity index (χ1) is 12.8. The van der Waals surface area contributed by atoms with Gasteiger partial charge in [-0.15, -0.1) is 11.3 Å². The van der Waals surface area contributed by atoms with E-state index in [0.717, 1.165) is 40.2 Å². The van der Waals surface area contributed by atoms with E-state index in [1.807, 2.05) is 42.5 Å². The summed E-state index contributed by atoms with van der Waals surface area (Å²) < 4.78 is 1.22. The summed E-state index contributed by atoms with van der Waals surface area (Å²) in [5, 5.41) is 4.11. The van der Waals surface area contributed by atoms with Crippen molar-refractivity contribution in [1.29, 1.82) is 0 Å². The average Bonchev–Trinajstić information content (AvgIpc) is 3.26. The zero-order valence-electron chi connectivity index (χ0n) is 14.4. The zero-order chi connectivity index (χ0) is 17.8. The maximum Gasteiger partial charge on any atom is 0.220 e. The lowest BCUT2D eigenvalue weighted by atomic mass is 10.2. The minimum atomic E-state index is 0.0646. The van der Waals surface area contributed by atoms with Crippen molar-refractivity contribution in [3.63, 3.8) is 0 Å². The number of hydrogen-bond donors (Lipinski definition) is 2. The summed E-state index contributed by atoms with van der Waals surface area (Å²) in [4.78, 5) is 24.4. The molecule has 132 valence electrons. The monoisotopic (exact) mass is 364 g/mol. The molecular formula is C20H20N4OS. The van der Waals surface area contributed by atoms with Gasteiger partial charge >= 0.3 is 0 Å². The number of hydrogen-bond acceptors (Lipinski definition) is 4. The minimum Gasteiger partial charge on any atom is -0.356 e. The van der Waals surface area contributed by atoms with Crippen LogP contribution in [0.5, 0.6) is 0 Å². The highest BCUT2D eigenvalue weighted by Gasteiger charge is 2.07. The number of carbonyl (C=O) groups excluding carboxylic acids is 1. The van der Waals surface area contributed by atoms with Gasteiger partial charge in [-0.1, -0.05) is 24.3 Å². The summed E-state index contributed by atoms with van der Waals surface area (Å²) in [5.74, 6) is 0.922. The molecule has 26 heavy (non-hydrogen) atoms. The number of fused-ring (bicyclic) bond motifs is 2. The van der Waals surface area contributed by atoms with Crippen LogP contribution in [0.25, 0.3) is 21.3 Å². The number of carbonyl (C=O) groups is 1. The van der Waals surface area contributed by atoms with E-state index in [4.69, 9.17) is 0 Å². The fourth-order valence-corrected chi connectivity index (χ4v) is 3.95. The number of rotatable bonds is 7. The molecule has 0 unspecified atom stereocenters. The molecule has 0 fully saturated rings. The van der Waals surface area contributed by atoms with Crippen molar-refractivity contribution in [2.75, 3.05) is 6.54 Å². The van der Waals surface area contributed by atoms with E-state index in [1.54, 1.807) is 11.3 Å². The van der Waals surface area contributed by atoms with Crippen molar-refractivity contribution in [2.45, 2.75) is 25.7 Å². The van der Waals surface area contributed by atoms with Crippen molar-refractivity contribution in [3.8, 4) is 0 Å². The number of benzene rings is 2. The number of H-pyrrole nitrogens is 1. The Balaban J connectivity index is 1.20. The Morgan fingerprint density at radius 3 is 2.65 bits per heavy atom. The summed E-state index contributed by atoms with van der Waals surface area (Å²) in [7, 11) is 0. The van der Waals surface area contributed by atoms with Crippen LogP contribution in [0, 0.1) is 0 Å². The SMILES string of the molecule is O=C(CCc1nc2ccccc2[nH]1)NCCCc1nc2ccccc2s1. The number of para-hydroxylation sites is 3. The Morgan fingerprint density at radius 1 is 1.00 bits per heavy atom. The lowest BCUT2D eigenvalue weighted by Gasteiger charge is -2.03. The van der Waals surface area contributed by atoms with Gasteiger partial charge in [0.1, 0.15) is 5.82 Å². The van der Waals surface area contributed by atoms with Gasteiger partial charge in [-0.25, -0.2) is 9.97 Å². The Morgan fingerprint density at radius 2 is 1.81 bits per heavy atom. The molecule has 2 heterocycles. The molecule has 0 aliphatic heterocycles. The summed E-state index contributed by atoms with van der Waals surface area (Å²) in [6.45, 7) is 0.675. The molecule has 1 amide bonds. The van der Waals surface area contributed by atoms with Gasteiger partial charge in [-0.2, -0.15) is 0 Å². The van der Waals surface area contributed by atoms with Crippen LogP contribution in [0.3, 0.4) is 0 Å². The molecule has 0 aliphatic rings. The third kappa shape index (κ3) is 3.91. The highest BCUT2D eigenvalue weighted by atomic mass is 32.1. The average molecular weight is 364 g/mol. The van der Waals surface area contributed by atoms with E-state index in [1.165, 1.54) is 4.70 Å². The third-order valence-corrected chi connectivity index (χ3v) is 5.35. The predicted molar refractivity (Wildman–Crippen MR) is 105 cm³/mol. The number of aromatic amines is 1. The van der Waals surface area contributed by atoms with Gasteiger partial charge in [0, 0.05) is 25.8 Å². The fourth-order valence-electron chi connectivity index (χ4n) is 2.94. The van der Waals surface area contributed by atoms with Crippen LogP contribution in [-0.4, -0.2) is 27.4 Å². The first-order valence-electron chi connectivity index (χ1n) is 8.83. The summed E-state index contributed by atoms with van der Waals surface area (Å²) >= 11 is 1.73. The Labute approximate surface area is 155 Å². The summed E-state index contributed by atoms with van der Waals surface area (Å²) in [6, 6.07) is 16.1. The van der Waals surface area contributed by atoms with Gasteiger partial charge in [0.15, 0.2) is 0 Å². The maximum absolute atomic E-state index is 12.0. The molecule has 0 aliphatic carbocycles. The summed E-state index contributed by atoms with van der Waals surface area (Å²) in [6.07, 6.45) is 2.86. The van der Waals surface area contributed by atoms with Gasteiger partial charge in [0.25, 0.3) is 0 Å². The van der Waals surface area contributed by atoms with Crippen molar-refractivity contribution in [3.05, 3.63) is 59.4 Å². The molecule has 4 aromatic rings. The lowest BCUT2D eigenvalue weighted by molar-refractivity contribution is -0.121. The highest BCUT2D eigenvalue weighted by molar-refractivity contribution is 7.18. The fraction of sp³-hybridized carbons (Fsp3) is 0.250. The summed E-state index contributed by atoms with van der Waals surface area (Å²) in [5.41, 5.74) is 3.01. The van der Waals surface area contributed by atoms with Crippen LogP contribution in [-0.2, 0) is 17.6 Å². The number of amides is 1. The Bertz CT molecular complexity index is 970. The normalized spacial score (nSPS) is 11.2. The molecule has 0 saturated heterocycles. The molecule has 2 N–H and O–H groups in total. The zero-order valence-corrected chi connectivity index (χ0v) is 15.2. The standard InChI is InChI=1S/C20H20N4OS/c25-19(12-11-18-22-14-6-1-2-7-15(14)23-18)21-13-5-10-20-24-16-8-3-4-9-17(16)26-20/h1-4,6-9H,5,10-13H2,(H,21,25)(H,22,23). The van der Waals surface area contributed by atoms with Gasteiger partial charge in [-0.05, 0) is 30.7 Å². The maximum atomic E-state index is 12.0. The first-order valence-corrected chi connectivity index (χ1v) is 9.64. The molecule has 0 radical (unpaired) electrons. The molecular weight excluding hydrogens is 344 g/mol. The molecule has 0 bridgehead atoms. The van der Waals surface area contributed by atoms with Crippen LogP contribution in [0.2, 0.25) is 0 Å². The topological polar surface area (TPSA) is 70.7 Å². The van der Waals surface area contributed by atoms with Gasteiger partial charge in [-0.3, -0.25) is 4.79 Å². The van der Waals surface area contributed by atoms with Gasteiger partial charge in [0.2, 0.25) is 5.91 Å². The predicted octanol–water partition coefficient (Wildman–Crippen LogP) is 3.85. The number of aromatic nitrogens is 3. The first kappa shape index (κ1) is 16.7. The molecule has 0 spiro atoms. The molecule has 4 rings (SSSR count). The molecule has 5 nitrogen and oxygen atoms in total. The third-order valence-electron chi connectivity index (χ3n) is 4.26.